The van der Waals surface area contributed by atoms with Gasteiger partial charge in [0.15, 0.2) is 6.04 Å². The van der Waals surface area contributed by atoms with Crippen LogP contribution in [-0.2, 0) is 9.53 Å². The highest BCUT2D eigenvalue weighted by atomic mass is 35.5. The summed E-state index contributed by atoms with van der Waals surface area (Å²) in [6.45, 7) is 2.00. The summed E-state index contributed by atoms with van der Waals surface area (Å²) in [4.78, 5) is 12.0. The van der Waals surface area contributed by atoms with Gasteiger partial charge < -0.3 is 10.1 Å². The summed E-state index contributed by atoms with van der Waals surface area (Å²) < 4.78 is 4.87. The number of hydrogen-bond donors (Lipinski definition) is 1. The molecule has 0 aliphatic rings. The van der Waals surface area contributed by atoms with E-state index in [1.54, 1.807) is 12.1 Å². The van der Waals surface area contributed by atoms with E-state index in [1.165, 1.54) is 7.11 Å². The van der Waals surface area contributed by atoms with Crippen LogP contribution in [0, 0.1) is 6.92 Å². The van der Waals surface area contributed by atoms with Crippen molar-refractivity contribution in [3.63, 3.8) is 0 Å². The summed E-state index contributed by atoms with van der Waals surface area (Å²) in [6.07, 6.45) is 0. The van der Waals surface area contributed by atoms with Gasteiger partial charge in [0.25, 0.3) is 0 Å². The summed E-state index contributed by atoms with van der Waals surface area (Å²) in [5.41, 5.74) is 2.81. The molecule has 0 aromatic heterocycles. The van der Waals surface area contributed by atoms with Crippen LogP contribution >= 0.6 is 11.6 Å². The predicted molar refractivity (Wildman–Crippen MR) is 81.0 cm³/mol. The first-order valence-corrected chi connectivity index (χ1v) is 6.64. The molecule has 0 aliphatic heterocycles. The van der Waals surface area contributed by atoms with Crippen molar-refractivity contribution >= 4 is 23.3 Å². The molecule has 0 bridgehead atoms. The maximum atomic E-state index is 12.0. The van der Waals surface area contributed by atoms with Gasteiger partial charge in [0, 0.05) is 10.7 Å². The Morgan fingerprint density at radius 3 is 2.25 bits per heavy atom. The highest BCUT2D eigenvalue weighted by Gasteiger charge is 2.21. The van der Waals surface area contributed by atoms with Crippen LogP contribution in [0.15, 0.2) is 48.5 Å². The first-order chi connectivity index (χ1) is 9.60. The van der Waals surface area contributed by atoms with E-state index >= 15 is 0 Å². The number of rotatable bonds is 4. The molecule has 0 saturated heterocycles. The van der Waals surface area contributed by atoms with Crippen molar-refractivity contribution in [3.8, 4) is 0 Å². The summed E-state index contributed by atoms with van der Waals surface area (Å²) in [5, 5.41) is 3.81. The van der Waals surface area contributed by atoms with Crippen LogP contribution in [-0.4, -0.2) is 13.1 Å². The standard InChI is InChI=1S/C16H16ClNO2/c1-11-3-5-12(6-4-11)15(16(19)20-2)18-14-9-7-13(17)8-10-14/h3-10,15,18H,1-2H3. The van der Waals surface area contributed by atoms with Crippen LogP contribution in [0.5, 0.6) is 0 Å². The average Bonchev–Trinajstić information content (AvgIpc) is 2.47. The molecule has 0 spiro atoms. The number of anilines is 1. The van der Waals surface area contributed by atoms with Gasteiger partial charge in [-0.1, -0.05) is 41.4 Å². The van der Waals surface area contributed by atoms with E-state index in [9.17, 15) is 4.79 Å². The van der Waals surface area contributed by atoms with Crippen molar-refractivity contribution in [3.05, 3.63) is 64.7 Å². The van der Waals surface area contributed by atoms with Crippen molar-refractivity contribution in [2.75, 3.05) is 12.4 Å². The molecule has 1 atom stereocenters. The zero-order chi connectivity index (χ0) is 14.5. The highest BCUT2D eigenvalue weighted by molar-refractivity contribution is 6.30. The predicted octanol–water partition coefficient (Wildman–Crippen LogP) is 3.97. The molecule has 0 saturated carbocycles. The van der Waals surface area contributed by atoms with Crippen molar-refractivity contribution < 1.29 is 9.53 Å². The molecule has 0 aliphatic carbocycles. The fourth-order valence-electron chi connectivity index (χ4n) is 1.87. The molecule has 3 nitrogen and oxygen atoms in total. The second-order valence-corrected chi connectivity index (χ2v) is 4.95. The van der Waals surface area contributed by atoms with Gasteiger partial charge in [-0.3, -0.25) is 0 Å². The van der Waals surface area contributed by atoms with E-state index in [-0.39, 0.29) is 5.97 Å². The van der Waals surface area contributed by atoms with Gasteiger partial charge in [-0.05, 0) is 36.8 Å². The minimum Gasteiger partial charge on any atom is -0.467 e. The third-order valence-electron chi connectivity index (χ3n) is 3.00. The van der Waals surface area contributed by atoms with Crippen LogP contribution in [0.1, 0.15) is 17.2 Å². The van der Waals surface area contributed by atoms with E-state index < -0.39 is 6.04 Å². The normalized spacial score (nSPS) is 11.8. The topological polar surface area (TPSA) is 38.3 Å². The number of hydrogen-bond acceptors (Lipinski definition) is 3. The highest BCUT2D eigenvalue weighted by Crippen LogP contribution is 2.22. The summed E-state index contributed by atoms with van der Waals surface area (Å²) >= 11 is 5.85. The lowest BCUT2D eigenvalue weighted by atomic mass is 10.0. The molecule has 0 radical (unpaired) electrons. The monoisotopic (exact) mass is 289 g/mol. The van der Waals surface area contributed by atoms with Crippen molar-refractivity contribution in [1.29, 1.82) is 0 Å². The van der Waals surface area contributed by atoms with Gasteiger partial charge in [0.2, 0.25) is 0 Å². The number of nitrogens with one attached hydrogen (secondary N) is 1. The third-order valence-corrected chi connectivity index (χ3v) is 3.25. The average molecular weight is 290 g/mol. The molecule has 2 aromatic rings. The van der Waals surface area contributed by atoms with Gasteiger partial charge in [-0.2, -0.15) is 0 Å². The van der Waals surface area contributed by atoms with Gasteiger partial charge >= 0.3 is 5.97 Å². The Morgan fingerprint density at radius 1 is 1.10 bits per heavy atom. The summed E-state index contributed by atoms with van der Waals surface area (Å²) in [6, 6.07) is 14.4. The lowest BCUT2D eigenvalue weighted by Crippen LogP contribution is -2.22. The molecule has 4 heteroatoms. The minimum absolute atomic E-state index is 0.330. The van der Waals surface area contributed by atoms with Crippen LogP contribution in [0.4, 0.5) is 5.69 Å². The number of aryl methyl sites for hydroxylation is 1. The summed E-state index contributed by atoms with van der Waals surface area (Å²) in [7, 11) is 1.38. The van der Waals surface area contributed by atoms with Crippen LogP contribution in [0.25, 0.3) is 0 Å². The van der Waals surface area contributed by atoms with Crippen LogP contribution in [0.3, 0.4) is 0 Å². The number of carbonyl (C=O) groups is 1. The third kappa shape index (κ3) is 3.52. The first-order valence-electron chi connectivity index (χ1n) is 6.26. The van der Waals surface area contributed by atoms with Crippen LogP contribution in [0.2, 0.25) is 5.02 Å². The Labute approximate surface area is 123 Å². The van der Waals surface area contributed by atoms with E-state index in [1.807, 2.05) is 43.3 Å². The quantitative estimate of drug-likeness (QED) is 0.866. The molecule has 20 heavy (non-hydrogen) atoms. The van der Waals surface area contributed by atoms with Gasteiger partial charge in [0.1, 0.15) is 0 Å². The zero-order valence-corrected chi connectivity index (χ0v) is 12.1. The maximum absolute atomic E-state index is 12.0. The summed E-state index contributed by atoms with van der Waals surface area (Å²) in [5.74, 6) is -0.330. The Kier molecular flexibility index (Phi) is 4.64. The smallest absolute Gasteiger partial charge is 0.332 e. The number of methoxy groups -OCH3 is 1. The van der Waals surface area contributed by atoms with E-state index in [4.69, 9.17) is 16.3 Å². The Hall–Kier alpha value is -2.00. The fraction of sp³-hybridized carbons (Fsp3) is 0.188. The number of ether oxygens (including phenoxy) is 1. The van der Waals surface area contributed by atoms with E-state index in [0.29, 0.717) is 5.02 Å². The molecule has 1 N–H and O–H groups in total. The van der Waals surface area contributed by atoms with Crippen molar-refractivity contribution in [2.24, 2.45) is 0 Å². The Bertz CT molecular complexity index is 578. The molecule has 104 valence electrons. The fourth-order valence-corrected chi connectivity index (χ4v) is 1.99. The van der Waals surface area contributed by atoms with E-state index in [0.717, 1.165) is 16.8 Å². The maximum Gasteiger partial charge on any atom is 0.332 e. The number of carbonyl (C=O) groups excluding carboxylic acids is 1. The number of esters is 1. The second-order valence-electron chi connectivity index (χ2n) is 4.52. The first kappa shape index (κ1) is 14.4. The molecule has 2 aromatic carbocycles. The molecular formula is C16H16ClNO2. The van der Waals surface area contributed by atoms with Gasteiger partial charge in [0.05, 0.1) is 7.11 Å². The number of benzene rings is 2. The zero-order valence-electron chi connectivity index (χ0n) is 11.4. The largest absolute Gasteiger partial charge is 0.467 e. The van der Waals surface area contributed by atoms with Crippen LogP contribution < -0.4 is 5.32 Å². The lowest BCUT2D eigenvalue weighted by molar-refractivity contribution is -0.141. The molecule has 0 amide bonds. The number of halogens is 1. The molecular weight excluding hydrogens is 274 g/mol. The van der Waals surface area contributed by atoms with Gasteiger partial charge in [-0.25, -0.2) is 4.79 Å². The lowest BCUT2D eigenvalue weighted by Gasteiger charge is -2.18. The molecule has 0 fully saturated rings. The molecule has 0 heterocycles. The molecule has 2 rings (SSSR count). The van der Waals surface area contributed by atoms with Crippen molar-refractivity contribution in [2.45, 2.75) is 13.0 Å². The SMILES string of the molecule is COC(=O)C(Nc1ccc(Cl)cc1)c1ccc(C)cc1. The van der Waals surface area contributed by atoms with Gasteiger partial charge in [-0.15, -0.1) is 0 Å². The Balaban J connectivity index is 2.26. The van der Waals surface area contributed by atoms with E-state index in [2.05, 4.69) is 5.32 Å². The Morgan fingerprint density at radius 2 is 1.70 bits per heavy atom. The minimum atomic E-state index is -0.540. The molecule has 1 unspecified atom stereocenters. The second kappa shape index (κ2) is 6.44. The van der Waals surface area contributed by atoms with Crippen molar-refractivity contribution in [1.82, 2.24) is 0 Å².